The molecule has 0 spiro atoms. The molecule has 4 heteroatoms. The minimum absolute atomic E-state index is 0.143. The van der Waals surface area contributed by atoms with Crippen molar-refractivity contribution in [2.45, 2.75) is 31.3 Å². The van der Waals surface area contributed by atoms with Crippen LogP contribution in [0.2, 0.25) is 0 Å². The normalized spacial score (nSPS) is 19.2. The van der Waals surface area contributed by atoms with Gasteiger partial charge < -0.3 is 14.9 Å². The number of hydrogen-bond acceptors (Lipinski definition) is 3. The van der Waals surface area contributed by atoms with Crippen molar-refractivity contribution < 1.29 is 14.9 Å². The van der Waals surface area contributed by atoms with Crippen LogP contribution in [0.5, 0.6) is 11.5 Å². The van der Waals surface area contributed by atoms with Gasteiger partial charge in [-0.3, -0.25) is 0 Å². The molecule has 1 fully saturated rings. The van der Waals surface area contributed by atoms with E-state index in [9.17, 15) is 10.2 Å². The van der Waals surface area contributed by atoms with Crippen LogP contribution in [0.4, 0.5) is 0 Å². The fourth-order valence-corrected chi connectivity index (χ4v) is 2.59. The fourth-order valence-electron chi connectivity index (χ4n) is 2.16. The summed E-state index contributed by atoms with van der Waals surface area (Å²) < 4.78 is 5.96. The molecule has 1 unspecified atom stereocenters. The van der Waals surface area contributed by atoms with E-state index in [1.165, 1.54) is 7.11 Å². The highest BCUT2D eigenvalue weighted by molar-refractivity contribution is 9.10. The average molecular weight is 287 g/mol. The van der Waals surface area contributed by atoms with Crippen LogP contribution in [-0.2, 0) is 5.41 Å². The first-order valence-electron chi connectivity index (χ1n) is 5.26. The molecular formula is C12H15BrO3. The highest BCUT2D eigenvalue weighted by Gasteiger charge is 2.50. The number of aliphatic hydroxyl groups is 1. The summed E-state index contributed by atoms with van der Waals surface area (Å²) in [6.07, 6.45) is 1.34. The number of benzene rings is 1. The summed E-state index contributed by atoms with van der Waals surface area (Å²) in [5.41, 5.74) is 0.481. The Morgan fingerprint density at radius 3 is 2.50 bits per heavy atom. The van der Waals surface area contributed by atoms with E-state index < -0.39 is 6.10 Å². The molecule has 0 aromatic heterocycles. The van der Waals surface area contributed by atoms with E-state index in [0.29, 0.717) is 5.75 Å². The maximum atomic E-state index is 10.1. The summed E-state index contributed by atoms with van der Waals surface area (Å²) in [6.45, 7) is 1.76. The summed E-state index contributed by atoms with van der Waals surface area (Å²) in [5, 5.41) is 19.9. The topological polar surface area (TPSA) is 49.7 Å². The minimum Gasteiger partial charge on any atom is -0.504 e. The second kappa shape index (κ2) is 3.93. The Morgan fingerprint density at radius 1 is 1.44 bits per heavy atom. The molecule has 88 valence electrons. The van der Waals surface area contributed by atoms with Crippen molar-refractivity contribution in [1.29, 1.82) is 0 Å². The van der Waals surface area contributed by atoms with Crippen LogP contribution in [-0.4, -0.2) is 23.4 Å². The van der Waals surface area contributed by atoms with Crippen LogP contribution in [0.3, 0.4) is 0 Å². The standard InChI is InChI=1S/C12H15BrO3/c1-7(14)12(3-4-12)9-5-8(13)6-10(16-2)11(9)15/h5-7,14-15H,3-4H2,1-2H3. The van der Waals surface area contributed by atoms with Crippen LogP contribution in [0.15, 0.2) is 16.6 Å². The second-order valence-corrected chi connectivity index (χ2v) is 5.25. The number of aromatic hydroxyl groups is 1. The van der Waals surface area contributed by atoms with Gasteiger partial charge in [0.1, 0.15) is 0 Å². The quantitative estimate of drug-likeness (QED) is 0.898. The Labute approximate surface area is 103 Å². The number of rotatable bonds is 3. The number of phenols is 1. The molecule has 0 aliphatic heterocycles. The molecule has 1 aromatic rings. The van der Waals surface area contributed by atoms with E-state index in [4.69, 9.17) is 4.74 Å². The Morgan fingerprint density at radius 2 is 2.06 bits per heavy atom. The monoisotopic (exact) mass is 286 g/mol. The van der Waals surface area contributed by atoms with Gasteiger partial charge in [0, 0.05) is 15.5 Å². The number of methoxy groups -OCH3 is 1. The SMILES string of the molecule is COc1cc(Br)cc(C2(C(C)O)CC2)c1O. The molecule has 0 amide bonds. The minimum atomic E-state index is -0.461. The van der Waals surface area contributed by atoms with Gasteiger partial charge in [0.2, 0.25) is 0 Å². The van der Waals surface area contributed by atoms with Gasteiger partial charge in [-0.1, -0.05) is 15.9 Å². The lowest BCUT2D eigenvalue weighted by atomic mass is 9.90. The molecular weight excluding hydrogens is 272 g/mol. The Bertz CT molecular complexity index is 411. The first kappa shape index (κ1) is 11.7. The first-order valence-corrected chi connectivity index (χ1v) is 6.05. The van der Waals surface area contributed by atoms with Gasteiger partial charge in [-0.15, -0.1) is 0 Å². The molecule has 0 heterocycles. The number of hydrogen-bond donors (Lipinski definition) is 2. The molecule has 16 heavy (non-hydrogen) atoms. The Hall–Kier alpha value is -0.740. The molecule has 1 aliphatic rings. The third-order valence-corrected chi connectivity index (χ3v) is 3.84. The van der Waals surface area contributed by atoms with E-state index in [1.54, 1.807) is 13.0 Å². The summed E-state index contributed by atoms with van der Waals surface area (Å²) in [4.78, 5) is 0. The van der Waals surface area contributed by atoms with E-state index in [2.05, 4.69) is 15.9 Å². The van der Waals surface area contributed by atoms with Crippen LogP contribution in [0.1, 0.15) is 25.3 Å². The molecule has 1 aliphatic carbocycles. The number of ether oxygens (including phenoxy) is 1. The highest BCUT2D eigenvalue weighted by atomic mass is 79.9. The predicted octanol–water partition coefficient (Wildman–Crippen LogP) is 2.58. The van der Waals surface area contributed by atoms with Gasteiger partial charge in [0.25, 0.3) is 0 Å². The number of aliphatic hydroxyl groups excluding tert-OH is 1. The second-order valence-electron chi connectivity index (χ2n) is 4.34. The molecule has 1 aromatic carbocycles. The maximum Gasteiger partial charge on any atom is 0.161 e. The zero-order valence-electron chi connectivity index (χ0n) is 9.33. The van der Waals surface area contributed by atoms with Crippen LogP contribution in [0, 0.1) is 0 Å². The van der Waals surface area contributed by atoms with E-state index in [-0.39, 0.29) is 11.2 Å². The first-order chi connectivity index (χ1) is 7.51. The summed E-state index contributed by atoms with van der Waals surface area (Å²) >= 11 is 3.38. The third-order valence-electron chi connectivity index (χ3n) is 3.38. The van der Waals surface area contributed by atoms with E-state index in [0.717, 1.165) is 22.9 Å². The van der Waals surface area contributed by atoms with Crippen molar-refractivity contribution in [3.8, 4) is 11.5 Å². The maximum absolute atomic E-state index is 10.1. The van der Waals surface area contributed by atoms with Crippen molar-refractivity contribution >= 4 is 15.9 Å². The Kier molecular flexibility index (Phi) is 2.88. The van der Waals surface area contributed by atoms with Crippen molar-refractivity contribution in [3.05, 3.63) is 22.2 Å². The smallest absolute Gasteiger partial charge is 0.161 e. The van der Waals surface area contributed by atoms with Crippen molar-refractivity contribution in [2.75, 3.05) is 7.11 Å². The van der Waals surface area contributed by atoms with Crippen molar-refractivity contribution in [3.63, 3.8) is 0 Å². The van der Waals surface area contributed by atoms with Gasteiger partial charge >= 0.3 is 0 Å². The zero-order chi connectivity index (χ0) is 11.9. The van der Waals surface area contributed by atoms with Gasteiger partial charge in [-0.25, -0.2) is 0 Å². The molecule has 1 atom stereocenters. The number of phenolic OH excluding ortho intramolecular Hbond substituents is 1. The third kappa shape index (κ3) is 1.70. The zero-order valence-corrected chi connectivity index (χ0v) is 10.9. The van der Waals surface area contributed by atoms with Gasteiger partial charge in [-0.2, -0.15) is 0 Å². The van der Waals surface area contributed by atoms with Gasteiger partial charge in [0.15, 0.2) is 11.5 Å². The Balaban J connectivity index is 2.53. The van der Waals surface area contributed by atoms with Crippen LogP contribution < -0.4 is 4.74 Å². The largest absolute Gasteiger partial charge is 0.504 e. The summed E-state index contributed by atoms with van der Waals surface area (Å²) in [5.74, 6) is 0.584. The van der Waals surface area contributed by atoms with Crippen molar-refractivity contribution in [2.24, 2.45) is 0 Å². The molecule has 3 nitrogen and oxygen atoms in total. The molecule has 0 saturated heterocycles. The van der Waals surface area contributed by atoms with Crippen molar-refractivity contribution in [1.82, 2.24) is 0 Å². The average Bonchev–Trinajstić information content (AvgIpc) is 3.02. The molecule has 1 saturated carbocycles. The van der Waals surface area contributed by atoms with E-state index >= 15 is 0 Å². The summed E-state index contributed by atoms with van der Waals surface area (Å²) in [6, 6.07) is 3.58. The van der Waals surface area contributed by atoms with Crippen LogP contribution >= 0.6 is 15.9 Å². The lowest BCUT2D eigenvalue weighted by molar-refractivity contribution is 0.149. The van der Waals surface area contributed by atoms with Gasteiger partial charge in [0.05, 0.1) is 13.2 Å². The molecule has 2 N–H and O–H groups in total. The highest BCUT2D eigenvalue weighted by Crippen LogP contribution is 2.55. The lowest BCUT2D eigenvalue weighted by Gasteiger charge is -2.21. The molecule has 0 radical (unpaired) electrons. The lowest BCUT2D eigenvalue weighted by Crippen LogP contribution is -2.22. The van der Waals surface area contributed by atoms with E-state index in [1.807, 2.05) is 6.07 Å². The number of halogens is 1. The summed E-state index contributed by atoms with van der Waals surface area (Å²) in [7, 11) is 1.52. The fraction of sp³-hybridized carbons (Fsp3) is 0.500. The predicted molar refractivity (Wildman–Crippen MR) is 65.0 cm³/mol. The van der Waals surface area contributed by atoms with Gasteiger partial charge in [-0.05, 0) is 31.9 Å². The molecule has 2 rings (SSSR count). The molecule has 0 bridgehead atoms. The van der Waals surface area contributed by atoms with Crippen LogP contribution in [0.25, 0.3) is 0 Å².